The van der Waals surface area contributed by atoms with Gasteiger partial charge in [0, 0.05) is 37.9 Å². The Hall–Kier alpha value is -6.50. The van der Waals surface area contributed by atoms with E-state index in [9.17, 15) is 24.3 Å². The molecule has 13 heteroatoms. The lowest BCUT2D eigenvalue weighted by Crippen LogP contribution is -2.57. The van der Waals surface area contributed by atoms with E-state index in [0.29, 0.717) is 29.2 Å². The number of aromatic amines is 1. The third-order valence-corrected chi connectivity index (χ3v) is 7.81. The maximum absolute atomic E-state index is 13.8. The molecule has 0 spiro atoms. The van der Waals surface area contributed by atoms with Crippen LogP contribution >= 0.6 is 0 Å². The largest absolute Gasteiger partial charge is 0.489 e. The van der Waals surface area contributed by atoms with Crippen molar-refractivity contribution in [1.82, 2.24) is 30.9 Å². The lowest BCUT2D eigenvalue weighted by atomic mass is 10.0. The van der Waals surface area contributed by atoms with Gasteiger partial charge >= 0.3 is 12.1 Å². The highest BCUT2D eigenvalue weighted by Gasteiger charge is 2.31. The first-order valence-corrected chi connectivity index (χ1v) is 16.3. The van der Waals surface area contributed by atoms with Crippen LogP contribution in [0, 0.1) is 0 Å². The van der Waals surface area contributed by atoms with Crippen LogP contribution in [0.5, 0.6) is 5.75 Å². The van der Waals surface area contributed by atoms with Gasteiger partial charge in [0.2, 0.25) is 11.8 Å². The second kappa shape index (κ2) is 18.3. The fourth-order valence-electron chi connectivity index (χ4n) is 5.13. The van der Waals surface area contributed by atoms with Crippen LogP contribution in [0.15, 0.2) is 122 Å². The van der Waals surface area contributed by atoms with Crippen LogP contribution in [0.1, 0.15) is 27.9 Å². The number of amides is 3. The van der Waals surface area contributed by atoms with E-state index < -0.39 is 42.0 Å². The summed E-state index contributed by atoms with van der Waals surface area (Å²) in [6.07, 6.45) is 5.22. The molecule has 5 rings (SSSR count). The average molecular weight is 691 g/mol. The van der Waals surface area contributed by atoms with E-state index in [1.807, 2.05) is 48.5 Å². The first-order valence-electron chi connectivity index (χ1n) is 16.3. The van der Waals surface area contributed by atoms with Crippen molar-refractivity contribution in [3.8, 4) is 5.75 Å². The third-order valence-electron chi connectivity index (χ3n) is 7.81. The zero-order valence-corrected chi connectivity index (χ0v) is 27.6. The predicted molar refractivity (Wildman–Crippen MR) is 186 cm³/mol. The zero-order valence-electron chi connectivity index (χ0n) is 27.6. The number of carbonyl (C=O) groups excluding carboxylic acids is 3. The fourth-order valence-corrected chi connectivity index (χ4v) is 5.13. The molecule has 0 aliphatic rings. The Labute approximate surface area is 294 Å². The van der Waals surface area contributed by atoms with Crippen molar-refractivity contribution in [3.63, 3.8) is 0 Å². The minimum absolute atomic E-state index is 0.00332. The summed E-state index contributed by atoms with van der Waals surface area (Å²) in [5.41, 5.74) is 3.51. The molecule has 3 atom stereocenters. The zero-order chi connectivity index (χ0) is 35.8. The average Bonchev–Trinajstić information content (AvgIpc) is 3.67. The summed E-state index contributed by atoms with van der Waals surface area (Å²) in [5, 5.41) is 17.8. The quantitative estimate of drug-likeness (QED) is 0.0970. The predicted octanol–water partition coefficient (Wildman–Crippen LogP) is 3.76. The minimum atomic E-state index is -1.30. The number of aliphatic carboxylic acids is 1. The number of nitrogens with one attached hydrogen (secondary N) is 4. The Morgan fingerprint density at radius 3 is 1.88 bits per heavy atom. The van der Waals surface area contributed by atoms with E-state index >= 15 is 0 Å². The van der Waals surface area contributed by atoms with E-state index in [1.165, 1.54) is 12.5 Å². The molecule has 5 aromatic rings. The Morgan fingerprint density at radius 2 is 1.27 bits per heavy atom. The van der Waals surface area contributed by atoms with Gasteiger partial charge in [0.15, 0.2) is 0 Å². The number of rotatable bonds is 17. The Balaban J connectivity index is 1.32. The number of hydrogen-bond acceptors (Lipinski definition) is 8. The fraction of sp³-hybridized carbons (Fsp3) is 0.211. The number of benzene rings is 3. The molecule has 51 heavy (non-hydrogen) atoms. The van der Waals surface area contributed by atoms with E-state index in [-0.39, 0.29) is 25.9 Å². The van der Waals surface area contributed by atoms with Gasteiger partial charge in [-0.25, -0.2) is 14.6 Å². The smallest absolute Gasteiger partial charge is 0.408 e. The third kappa shape index (κ3) is 11.6. The topological polar surface area (TPSA) is 185 Å². The molecule has 0 fully saturated rings. The van der Waals surface area contributed by atoms with Crippen molar-refractivity contribution in [2.24, 2.45) is 0 Å². The van der Waals surface area contributed by atoms with Crippen molar-refractivity contribution >= 4 is 23.9 Å². The maximum atomic E-state index is 13.8. The number of H-pyrrole nitrogens is 1. The van der Waals surface area contributed by atoms with Crippen LogP contribution in [0.3, 0.4) is 0 Å². The second-order valence-corrected chi connectivity index (χ2v) is 11.7. The van der Waals surface area contributed by atoms with E-state index in [2.05, 4.69) is 30.9 Å². The van der Waals surface area contributed by atoms with E-state index in [1.54, 1.807) is 60.9 Å². The van der Waals surface area contributed by atoms with Crippen LogP contribution < -0.4 is 20.7 Å². The molecule has 3 aromatic carbocycles. The number of nitrogens with zero attached hydrogens (tertiary/aromatic N) is 2. The summed E-state index contributed by atoms with van der Waals surface area (Å²) >= 11 is 0. The summed E-state index contributed by atoms with van der Waals surface area (Å²) in [5.74, 6) is -2.07. The molecule has 0 aliphatic heterocycles. The minimum Gasteiger partial charge on any atom is -0.489 e. The molecule has 0 aliphatic carbocycles. The molecule has 0 bridgehead atoms. The number of carboxylic acid groups (broad SMARTS) is 1. The molecular weight excluding hydrogens is 652 g/mol. The molecule has 3 amide bonds. The first kappa shape index (κ1) is 35.8. The monoisotopic (exact) mass is 690 g/mol. The summed E-state index contributed by atoms with van der Waals surface area (Å²) < 4.78 is 11.2. The number of carboxylic acids is 1. The molecule has 0 saturated heterocycles. The number of aromatic nitrogens is 3. The van der Waals surface area contributed by atoms with Gasteiger partial charge in [0.05, 0.1) is 12.0 Å². The molecular formula is C38H38N6O7. The van der Waals surface area contributed by atoms with Gasteiger partial charge in [-0.15, -0.1) is 0 Å². The number of imidazole rings is 1. The second-order valence-electron chi connectivity index (χ2n) is 11.7. The van der Waals surface area contributed by atoms with Gasteiger partial charge in [-0.05, 0) is 40.5 Å². The van der Waals surface area contributed by atoms with Crippen LogP contribution in [-0.2, 0) is 51.6 Å². The van der Waals surface area contributed by atoms with Gasteiger partial charge in [-0.1, -0.05) is 78.9 Å². The van der Waals surface area contributed by atoms with Crippen molar-refractivity contribution in [3.05, 3.63) is 150 Å². The number of alkyl carbamates (subject to hydrolysis) is 1. The van der Waals surface area contributed by atoms with Crippen molar-refractivity contribution in [1.29, 1.82) is 0 Å². The molecule has 262 valence electrons. The first-order chi connectivity index (χ1) is 24.8. The molecule has 0 radical (unpaired) electrons. The van der Waals surface area contributed by atoms with E-state index in [4.69, 9.17) is 9.47 Å². The van der Waals surface area contributed by atoms with Crippen molar-refractivity contribution in [2.45, 2.75) is 50.6 Å². The van der Waals surface area contributed by atoms with Crippen molar-refractivity contribution < 1.29 is 33.8 Å². The van der Waals surface area contributed by atoms with Crippen LogP contribution in [-0.4, -0.2) is 62.1 Å². The standard InChI is InChI=1S/C38H38N6O7/c45-35(43-34(37(47)48)19-29-12-7-17-39-21-29)32(18-26-13-15-31(16-14-26)50-23-27-8-3-1-4-9-27)42-36(46)33(20-30-22-40-25-41-30)44-38(49)51-24-28-10-5-2-6-11-28/h1-17,21-22,25,32-34H,18-20,23-24H2,(H,40,41)(H,42,46)(H,43,45)(H,44,49)(H,47,48)/t32-,33-,34-/m0/s1. The molecule has 2 heterocycles. The number of carbonyl (C=O) groups is 4. The summed E-state index contributed by atoms with van der Waals surface area (Å²) in [6, 6.07) is 25.4. The molecule has 0 saturated carbocycles. The molecule has 13 nitrogen and oxygen atoms in total. The highest BCUT2D eigenvalue weighted by molar-refractivity contribution is 5.93. The summed E-state index contributed by atoms with van der Waals surface area (Å²) in [6.45, 7) is 0.347. The Kier molecular flexibility index (Phi) is 12.9. The number of ether oxygens (including phenoxy) is 2. The SMILES string of the molecule is O=C(N[C@@H](Cc1c[nH]cn1)C(=O)N[C@@H](Cc1ccc(OCc2ccccc2)cc1)C(=O)N[C@@H](Cc1cccnc1)C(=O)O)OCc1ccccc1. The molecule has 2 aromatic heterocycles. The van der Waals surface area contributed by atoms with E-state index in [0.717, 1.165) is 11.1 Å². The highest BCUT2D eigenvalue weighted by atomic mass is 16.5. The van der Waals surface area contributed by atoms with Gasteiger partial charge in [0.25, 0.3) is 0 Å². The Bertz CT molecular complexity index is 1840. The highest BCUT2D eigenvalue weighted by Crippen LogP contribution is 2.16. The summed E-state index contributed by atoms with van der Waals surface area (Å²) in [7, 11) is 0. The number of hydrogen-bond donors (Lipinski definition) is 5. The normalized spacial score (nSPS) is 12.5. The Morgan fingerprint density at radius 1 is 0.667 bits per heavy atom. The van der Waals surface area contributed by atoms with Gasteiger partial charge in [-0.3, -0.25) is 14.6 Å². The maximum Gasteiger partial charge on any atom is 0.408 e. The lowest BCUT2D eigenvalue weighted by Gasteiger charge is -2.24. The summed E-state index contributed by atoms with van der Waals surface area (Å²) in [4.78, 5) is 63.7. The van der Waals surface area contributed by atoms with Gasteiger partial charge in [0.1, 0.15) is 37.1 Å². The molecule has 0 unspecified atom stereocenters. The van der Waals surface area contributed by atoms with Crippen molar-refractivity contribution in [2.75, 3.05) is 0 Å². The van der Waals surface area contributed by atoms with Crippen LogP contribution in [0.2, 0.25) is 0 Å². The van der Waals surface area contributed by atoms with Crippen LogP contribution in [0.4, 0.5) is 4.79 Å². The van der Waals surface area contributed by atoms with Crippen LogP contribution in [0.25, 0.3) is 0 Å². The van der Waals surface area contributed by atoms with Gasteiger partial charge in [-0.2, -0.15) is 0 Å². The lowest BCUT2D eigenvalue weighted by molar-refractivity contribution is -0.142. The number of pyridine rings is 1. The molecule has 5 N–H and O–H groups in total. The van der Waals surface area contributed by atoms with Gasteiger partial charge < -0.3 is 35.5 Å².